The van der Waals surface area contributed by atoms with Crippen molar-refractivity contribution >= 4 is 11.5 Å². The summed E-state index contributed by atoms with van der Waals surface area (Å²) in [5.74, 6) is 0.411. The minimum Gasteiger partial charge on any atom is -0.394 e. The van der Waals surface area contributed by atoms with Crippen LogP contribution in [-0.4, -0.2) is 21.5 Å². The Morgan fingerprint density at radius 1 is 1.55 bits per heavy atom. The minimum absolute atomic E-state index is 0. The fourth-order valence-electron chi connectivity index (χ4n) is 0.682. The van der Waals surface area contributed by atoms with E-state index in [1.165, 1.54) is 10.9 Å². The number of anilines is 2. The van der Waals surface area contributed by atoms with Crippen LogP contribution in [0.1, 0.15) is 7.43 Å². The third-order valence-corrected chi connectivity index (χ3v) is 1.22. The van der Waals surface area contributed by atoms with E-state index in [0.29, 0.717) is 18.1 Å². The summed E-state index contributed by atoms with van der Waals surface area (Å²) in [7, 11) is 0. The summed E-state index contributed by atoms with van der Waals surface area (Å²) in [6, 6.07) is 0. The SMILES string of the molecule is C.Nc1cnn(CCO)c1N. The first kappa shape index (κ1) is 9.77. The maximum Gasteiger partial charge on any atom is 0.145 e. The van der Waals surface area contributed by atoms with E-state index in [-0.39, 0.29) is 14.0 Å². The Hall–Kier alpha value is -1.23. The second-order valence-electron chi connectivity index (χ2n) is 1.93. The summed E-state index contributed by atoms with van der Waals surface area (Å²) in [6.07, 6.45) is 1.46. The molecule has 0 amide bonds. The molecule has 0 aliphatic carbocycles. The first-order valence-corrected chi connectivity index (χ1v) is 2.93. The number of hydrogen-bond donors (Lipinski definition) is 3. The smallest absolute Gasteiger partial charge is 0.145 e. The van der Waals surface area contributed by atoms with Crippen molar-refractivity contribution in [2.24, 2.45) is 0 Å². The topological polar surface area (TPSA) is 90.1 Å². The number of aromatic nitrogens is 2. The van der Waals surface area contributed by atoms with Crippen LogP contribution in [0.2, 0.25) is 0 Å². The van der Waals surface area contributed by atoms with Gasteiger partial charge < -0.3 is 16.6 Å². The van der Waals surface area contributed by atoms with E-state index in [0.717, 1.165) is 0 Å². The van der Waals surface area contributed by atoms with Crippen LogP contribution in [0.4, 0.5) is 11.5 Å². The molecule has 0 bridgehead atoms. The second kappa shape index (κ2) is 3.82. The molecule has 0 unspecified atom stereocenters. The first-order chi connectivity index (χ1) is 4.75. The van der Waals surface area contributed by atoms with Crippen LogP contribution < -0.4 is 11.5 Å². The number of rotatable bonds is 2. The van der Waals surface area contributed by atoms with Gasteiger partial charge in [-0.2, -0.15) is 5.10 Å². The van der Waals surface area contributed by atoms with Gasteiger partial charge in [0.2, 0.25) is 0 Å². The lowest BCUT2D eigenvalue weighted by Crippen LogP contribution is -2.07. The van der Waals surface area contributed by atoms with Crippen molar-refractivity contribution in [3.63, 3.8) is 0 Å². The molecule has 0 fully saturated rings. The molecule has 1 rings (SSSR count). The van der Waals surface area contributed by atoms with Crippen LogP contribution in [0.5, 0.6) is 0 Å². The Morgan fingerprint density at radius 3 is 2.55 bits per heavy atom. The Morgan fingerprint density at radius 2 is 2.18 bits per heavy atom. The summed E-state index contributed by atoms with van der Waals surface area (Å²) in [5, 5.41) is 12.3. The lowest BCUT2D eigenvalue weighted by Gasteiger charge is -1.99. The van der Waals surface area contributed by atoms with Gasteiger partial charge in [0.25, 0.3) is 0 Å². The average Bonchev–Trinajstić information content (AvgIpc) is 2.20. The van der Waals surface area contributed by atoms with Crippen molar-refractivity contribution in [3.8, 4) is 0 Å². The third-order valence-electron chi connectivity index (χ3n) is 1.22. The van der Waals surface area contributed by atoms with Crippen LogP contribution in [0.25, 0.3) is 0 Å². The van der Waals surface area contributed by atoms with Crippen LogP contribution in [0.3, 0.4) is 0 Å². The van der Waals surface area contributed by atoms with Gasteiger partial charge in [0.05, 0.1) is 25.0 Å². The molecule has 0 atom stereocenters. The van der Waals surface area contributed by atoms with Gasteiger partial charge in [-0.25, -0.2) is 4.68 Å². The van der Waals surface area contributed by atoms with Gasteiger partial charge in [0.15, 0.2) is 0 Å². The van der Waals surface area contributed by atoms with Crippen LogP contribution >= 0.6 is 0 Å². The van der Waals surface area contributed by atoms with E-state index in [4.69, 9.17) is 16.6 Å². The van der Waals surface area contributed by atoms with Crippen LogP contribution in [0.15, 0.2) is 6.20 Å². The van der Waals surface area contributed by atoms with E-state index < -0.39 is 0 Å². The highest BCUT2D eigenvalue weighted by molar-refractivity contribution is 5.56. The molecular formula is C6H14N4O. The number of nitrogen functional groups attached to an aromatic ring is 2. The molecular weight excluding hydrogens is 144 g/mol. The predicted molar refractivity (Wildman–Crippen MR) is 44.9 cm³/mol. The highest BCUT2D eigenvalue weighted by Gasteiger charge is 2.00. The molecule has 0 aliphatic rings. The zero-order valence-electron chi connectivity index (χ0n) is 5.49. The Labute approximate surface area is 65.6 Å². The fraction of sp³-hybridized carbons (Fsp3) is 0.500. The molecule has 5 N–H and O–H groups in total. The minimum atomic E-state index is 0. The van der Waals surface area contributed by atoms with Gasteiger partial charge in [-0.1, -0.05) is 7.43 Å². The maximum absolute atomic E-state index is 8.50. The molecule has 1 aromatic rings. The Balaban J connectivity index is 0.000001000. The lowest BCUT2D eigenvalue weighted by molar-refractivity contribution is 0.270. The molecule has 11 heavy (non-hydrogen) atoms. The normalized spacial score (nSPS) is 9.18. The molecule has 1 aromatic heterocycles. The Kier molecular flexibility index (Phi) is 3.39. The second-order valence-corrected chi connectivity index (χ2v) is 1.93. The van der Waals surface area contributed by atoms with Gasteiger partial charge in [-0.05, 0) is 0 Å². The van der Waals surface area contributed by atoms with E-state index in [1.807, 2.05) is 0 Å². The average molecular weight is 158 g/mol. The highest BCUT2D eigenvalue weighted by atomic mass is 16.3. The summed E-state index contributed by atoms with van der Waals surface area (Å²) in [4.78, 5) is 0. The van der Waals surface area contributed by atoms with E-state index in [9.17, 15) is 0 Å². The standard InChI is InChI=1S/C5H10N4O.CH4/c6-4-3-8-9(1-2-10)5(4)7;/h3,10H,1-2,6-7H2;1H4. The quantitative estimate of drug-likeness (QED) is 0.550. The highest BCUT2D eigenvalue weighted by Crippen LogP contribution is 2.11. The number of hydrogen-bond acceptors (Lipinski definition) is 4. The molecule has 1 heterocycles. The molecule has 0 aliphatic heterocycles. The summed E-state index contributed by atoms with van der Waals surface area (Å²) in [6.45, 7) is 0.411. The number of aliphatic hydroxyl groups is 1. The molecule has 0 spiro atoms. The fourth-order valence-corrected chi connectivity index (χ4v) is 0.682. The van der Waals surface area contributed by atoms with Crippen molar-refractivity contribution in [2.75, 3.05) is 18.1 Å². The maximum atomic E-state index is 8.50. The monoisotopic (exact) mass is 158 g/mol. The molecule has 5 nitrogen and oxygen atoms in total. The Bertz CT molecular complexity index is 220. The van der Waals surface area contributed by atoms with Crippen molar-refractivity contribution in [3.05, 3.63) is 6.20 Å². The number of nitrogens with zero attached hydrogens (tertiary/aromatic N) is 2. The first-order valence-electron chi connectivity index (χ1n) is 2.93. The molecule has 0 aromatic carbocycles. The van der Waals surface area contributed by atoms with Crippen molar-refractivity contribution in [2.45, 2.75) is 14.0 Å². The van der Waals surface area contributed by atoms with Gasteiger partial charge in [0.1, 0.15) is 5.82 Å². The van der Waals surface area contributed by atoms with Gasteiger partial charge in [-0.15, -0.1) is 0 Å². The zero-order chi connectivity index (χ0) is 7.56. The summed E-state index contributed by atoms with van der Waals surface area (Å²) >= 11 is 0. The predicted octanol–water partition coefficient (Wildman–Crippen LogP) is -0.324. The molecule has 0 saturated carbocycles. The summed E-state index contributed by atoms with van der Waals surface area (Å²) in [5.41, 5.74) is 11.3. The molecule has 64 valence electrons. The third kappa shape index (κ3) is 1.84. The molecule has 0 radical (unpaired) electrons. The molecule has 5 heteroatoms. The van der Waals surface area contributed by atoms with Crippen LogP contribution in [0, 0.1) is 0 Å². The molecule has 0 saturated heterocycles. The van der Waals surface area contributed by atoms with Gasteiger partial charge in [0, 0.05) is 0 Å². The van der Waals surface area contributed by atoms with Crippen molar-refractivity contribution < 1.29 is 5.11 Å². The largest absolute Gasteiger partial charge is 0.394 e. The number of nitrogens with two attached hydrogens (primary N) is 2. The van der Waals surface area contributed by atoms with E-state index >= 15 is 0 Å². The lowest BCUT2D eigenvalue weighted by atomic mass is 10.5. The zero-order valence-corrected chi connectivity index (χ0v) is 5.49. The van der Waals surface area contributed by atoms with Crippen molar-refractivity contribution in [1.29, 1.82) is 0 Å². The van der Waals surface area contributed by atoms with E-state index in [2.05, 4.69) is 5.10 Å². The van der Waals surface area contributed by atoms with Crippen LogP contribution in [-0.2, 0) is 6.54 Å². The van der Waals surface area contributed by atoms with Gasteiger partial charge in [-0.3, -0.25) is 0 Å². The van der Waals surface area contributed by atoms with Gasteiger partial charge >= 0.3 is 0 Å². The summed E-state index contributed by atoms with van der Waals surface area (Å²) < 4.78 is 1.45. The van der Waals surface area contributed by atoms with Crippen molar-refractivity contribution in [1.82, 2.24) is 9.78 Å². The number of aliphatic hydroxyl groups excluding tert-OH is 1. The van der Waals surface area contributed by atoms with E-state index in [1.54, 1.807) is 0 Å².